The number of hydrogen-bond acceptors (Lipinski definition) is 2. The molecule has 0 amide bonds. The highest BCUT2D eigenvalue weighted by Gasteiger charge is 2.13. The molecular weight excluding hydrogens is 184 g/mol. The first kappa shape index (κ1) is 14.9. The highest BCUT2D eigenvalue weighted by atomic mass is 15.2. The molecule has 0 aromatic heterocycles. The summed E-state index contributed by atoms with van der Waals surface area (Å²) in [6.07, 6.45) is 3.84. The van der Waals surface area contributed by atoms with E-state index in [-0.39, 0.29) is 0 Å². The minimum atomic E-state index is 0.675. The van der Waals surface area contributed by atoms with Gasteiger partial charge in [-0.3, -0.25) is 4.90 Å². The average Bonchev–Trinajstić information content (AvgIpc) is 2.18. The second-order valence-corrected chi connectivity index (χ2v) is 4.67. The maximum Gasteiger partial charge on any atom is 0.00699 e. The molecule has 0 saturated carbocycles. The lowest BCUT2D eigenvalue weighted by molar-refractivity contribution is 0.163. The Bertz CT molecular complexity index is 134. The molecule has 1 unspecified atom stereocenters. The van der Waals surface area contributed by atoms with Crippen molar-refractivity contribution in [3.05, 3.63) is 0 Å². The normalized spacial score (nSPS) is 13.8. The lowest BCUT2D eigenvalue weighted by Crippen LogP contribution is -2.38. The molecule has 15 heavy (non-hydrogen) atoms. The molecule has 0 aliphatic rings. The molecule has 0 rings (SSSR count). The van der Waals surface area contributed by atoms with Gasteiger partial charge in [0.1, 0.15) is 0 Å². The van der Waals surface area contributed by atoms with E-state index in [4.69, 9.17) is 0 Å². The fourth-order valence-corrected chi connectivity index (χ4v) is 2.18. The number of nitrogens with zero attached hydrogens (tertiary/aromatic N) is 1. The van der Waals surface area contributed by atoms with Gasteiger partial charge in [0.15, 0.2) is 0 Å². The molecule has 0 heterocycles. The van der Waals surface area contributed by atoms with E-state index in [9.17, 15) is 0 Å². The second kappa shape index (κ2) is 9.17. The smallest absolute Gasteiger partial charge is 0.00699 e. The monoisotopic (exact) mass is 214 g/mol. The zero-order valence-corrected chi connectivity index (χ0v) is 11.3. The first-order chi connectivity index (χ1) is 7.13. The van der Waals surface area contributed by atoms with E-state index in [0.717, 1.165) is 12.6 Å². The van der Waals surface area contributed by atoms with Crippen LogP contribution in [0.2, 0.25) is 0 Å². The predicted octanol–water partition coefficient (Wildman–Crippen LogP) is 2.89. The summed E-state index contributed by atoms with van der Waals surface area (Å²) in [5, 5.41) is 3.46. The third kappa shape index (κ3) is 6.91. The van der Waals surface area contributed by atoms with E-state index < -0.39 is 0 Å². The van der Waals surface area contributed by atoms with E-state index in [1.165, 1.54) is 32.4 Å². The topological polar surface area (TPSA) is 15.3 Å². The minimum Gasteiger partial charge on any atom is -0.317 e. The van der Waals surface area contributed by atoms with Crippen molar-refractivity contribution in [2.45, 2.75) is 66.0 Å². The Morgan fingerprint density at radius 3 is 2.20 bits per heavy atom. The molecule has 0 aliphatic carbocycles. The zero-order chi connectivity index (χ0) is 11.7. The van der Waals surface area contributed by atoms with Gasteiger partial charge in [-0.25, -0.2) is 0 Å². The fourth-order valence-electron chi connectivity index (χ4n) is 2.18. The van der Waals surface area contributed by atoms with Gasteiger partial charge >= 0.3 is 0 Å². The number of nitrogens with one attached hydrogen (secondary N) is 1. The van der Waals surface area contributed by atoms with Crippen LogP contribution >= 0.6 is 0 Å². The summed E-state index contributed by atoms with van der Waals surface area (Å²) in [6.45, 7) is 14.9. The van der Waals surface area contributed by atoms with Crippen molar-refractivity contribution in [2.75, 3.05) is 19.6 Å². The van der Waals surface area contributed by atoms with Gasteiger partial charge in [-0.1, -0.05) is 13.8 Å². The van der Waals surface area contributed by atoms with Crippen molar-refractivity contribution in [3.63, 3.8) is 0 Å². The van der Waals surface area contributed by atoms with Crippen molar-refractivity contribution in [2.24, 2.45) is 0 Å². The summed E-state index contributed by atoms with van der Waals surface area (Å²) in [5.41, 5.74) is 0. The Morgan fingerprint density at radius 2 is 1.73 bits per heavy atom. The summed E-state index contributed by atoms with van der Waals surface area (Å²) in [7, 11) is 0. The van der Waals surface area contributed by atoms with Gasteiger partial charge < -0.3 is 5.32 Å². The van der Waals surface area contributed by atoms with Crippen molar-refractivity contribution in [1.29, 1.82) is 0 Å². The molecule has 1 atom stereocenters. The summed E-state index contributed by atoms with van der Waals surface area (Å²) < 4.78 is 0. The molecule has 2 nitrogen and oxygen atoms in total. The summed E-state index contributed by atoms with van der Waals surface area (Å²) in [6, 6.07) is 1.40. The van der Waals surface area contributed by atoms with E-state index in [1.807, 2.05) is 0 Å². The van der Waals surface area contributed by atoms with Crippen molar-refractivity contribution >= 4 is 0 Å². The molecule has 1 N–H and O–H groups in total. The van der Waals surface area contributed by atoms with Crippen LogP contribution in [0.15, 0.2) is 0 Å². The van der Waals surface area contributed by atoms with Gasteiger partial charge in [0.2, 0.25) is 0 Å². The fraction of sp³-hybridized carbons (Fsp3) is 1.00. The largest absolute Gasteiger partial charge is 0.317 e. The average molecular weight is 214 g/mol. The molecule has 0 saturated heterocycles. The first-order valence-electron chi connectivity index (χ1n) is 6.59. The SMILES string of the molecule is CCCNCCCC(C)N(CC)C(C)C. The van der Waals surface area contributed by atoms with Crippen LogP contribution in [-0.2, 0) is 0 Å². The molecule has 0 aromatic carbocycles. The molecule has 0 spiro atoms. The molecule has 0 aliphatic heterocycles. The zero-order valence-electron chi connectivity index (χ0n) is 11.3. The number of hydrogen-bond donors (Lipinski definition) is 1. The molecule has 92 valence electrons. The lowest BCUT2D eigenvalue weighted by Gasteiger charge is -2.31. The molecule has 0 fully saturated rings. The Hall–Kier alpha value is -0.0800. The minimum absolute atomic E-state index is 0.675. The Balaban J connectivity index is 3.57. The van der Waals surface area contributed by atoms with Gasteiger partial charge in [-0.2, -0.15) is 0 Å². The summed E-state index contributed by atoms with van der Waals surface area (Å²) in [4.78, 5) is 2.57. The van der Waals surface area contributed by atoms with Gasteiger partial charge in [-0.05, 0) is 59.7 Å². The first-order valence-corrected chi connectivity index (χ1v) is 6.59. The van der Waals surface area contributed by atoms with Crippen LogP contribution in [0, 0.1) is 0 Å². The van der Waals surface area contributed by atoms with Crippen molar-refractivity contribution in [3.8, 4) is 0 Å². The third-order valence-electron chi connectivity index (χ3n) is 3.00. The second-order valence-electron chi connectivity index (χ2n) is 4.67. The van der Waals surface area contributed by atoms with Gasteiger partial charge in [0, 0.05) is 12.1 Å². The molecule has 0 aromatic rings. The molecule has 0 radical (unpaired) electrons. The standard InChI is InChI=1S/C13H30N2/c1-6-10-14-11-8-9-13(5)15(7-2)12(3)4/h12-14H,6-11H2,1-5H3. The van der Waals surface area contributed by atoms with Crippen LogP contribution in [0.25, 0.3) is 0 Å². The Morgan fingerprint density at radius 1 is 1.07 bits per heavy atom. The van der Waals surface area contributed by atoms with E-state index in [2.05, 4.69) is 44.8 Å². The number of rotatable bonds is 9. The predicted molar refractivity (Wildman–Crippen MR) is 69.4 cm³/mol. The van der Waals surface area contributed by atoms with Crippen LogP contribution in [-0.4, -0.2) is 36.6 Å². The molecule has 0 bridgehead atoms. The quantitative estimate of drug-likeness (QED) is 0.594. The van der Waals surface area contributed by atoms with Gasteiger partial charge in [-0.15, -0.1) is 0 Å². The Kier molecular flexibility index (Phi) is 9.12. The molecular formula is C13H30N2. The van der Waals surface area contributed by atoms with Gasteiger partial charge in [0.25, 0.3) is 0 Å². The van der Waals surface area contributed by atoms with Crippen molar-refractivity contribution in [1.82, 2.24) is 10.2 Å². The lowest BCUT2D eigenvalue weighted by atomic mass is 10.1. The van der Waals surface area contributed by atoms with E-state index >= 15 is 0 Å². The maximum absolute atomic E-state index is 3.46. The van der Waals surface area contributed by atoms with Gasteiger partial charge in [0.05, 0.1) is 0 Å². The maximum atomic E-state index is 3.46. The summed E-state index contributed by atoms with van der Waals surface area (Å²) in [5.74, 6) is 0. The third-order valence-corrected chi connectivity index (χ3v) is 3.00. The van der Waals surface area contributed by atoms with Crippen LogP contribution in [0.5, 0.6) is 0 Å². The van der Waals surface area contributed by atoms with Crippen molar-refractivity contribution < 1.29 is 0 Å². The highest BCUT2D eigenvalue weighted by molar-refractivity contribution is 4.69. The van der Waals surface area contributed by atoms with E-state index in [0.29, 0.717) is 6.04 Å². The molecule has 2 heteroatoms. The Labute approximate surface area is 96.4 Å². The summed E-state index contributed by atoms with van der Waals surface area (Å²) >= 11 is 0. The highest BCUT2D eigenvalue weighted by Crippen LogP contribution is 2.09. The van der Waals surface area contributed by atoms with Crippen LogP contribution in [0.4, 0.5) is 0 Å². The van der Waals surface area contributed by atoms with Crippen LogP contribution in [0.1, 0.15) is 53.9 Å². The van der Waals surface area contributed by atoms with Crippen LogP contribution < -0.4 is 5.32 Å². The van der Waals surface area contributed by atoms with E-state index in [1.54, 1.807) is 0 Å². The van der Waals surface area contributed by atoms with Crippen LogP contribution in [0.3, 0.4) is 0 Å².